The highest BCUT2D eigenvalue weighted by atomic mass is 31.1. The van der Waals surface area contributed by atoms with E-state index in [9.17, 15) is 0 Å². The Hall–Kier alpha value is 0.430. The van der Waals surface area contributed by atoms with Gasteiger partial charge in [-0.2, -0.15) is 0 Å². The predicted molar refractivity (Wildman–Crippen MR) is 103 cm³/mol. The van der Waals surface area contributed by atoms with Crippen LogP contribution in [-0.2, 0) is 0 Å². The van der Waals surface area contributed by atoms with E-state index in [-0.39, 0.29) is 7.92 Å². The van der Waals surface area contributed by atoms with Crippen molar-refractivity contribution in [1.82, 2.24) is 0 Å². The van der Waals surface area contributed by atoms with E-state index < -0.39 is 0 Å². The van der Waals surface area contributed by atoms with Crippen LogP contribution in [0.4, 0.5) is 0 Å². The van der Waals surface area contributed by atoms with Gasteiger partial charge in [0.1, 0.15) is 0 Å². The molecule has 0 bridgehead atoms. The van der Waals surface area contributed by atoms with Crippen LogP contribution >= 0.6 is 7.92 Å². The van der Waals surface area contributed by atoms with Gasteiger partial charge in [0.2, 0.25) is 0 Å². The van der Waals surface area contributed by atoms with E-state index in [0.29, 0.717) is 0 Å². The molecular weight excluding hydrogens is 271 g/mol. The quantitative estimate of drug-likeness (QED) is 0.226. The molecule has 0 aromatic carbocycles. The van der Waals surface area contributed by atoms with E-state index in [1.54, 1.807) is 6.16 Å². The van der Waals surface area contributed by atoms with E-state index >= 15 is 0 Å². The largest absolute Gasteiger partial charge is 0.100 e. The normalized spacial score (nSPS) is 14.9. The molecule has 0 heterocycles. The van der Waals surface area contributed by atoms with Crippen molar-refractivity contribution in [2.24, 2.45) is 5.92 Å². The maximum Gasteiger partial charge on any atom is -0.0207 e. The summed E-state index contributed by atoms with van der Waals surface area (Å²) < 4.78 is 0. The Morgan fingerprint density at radius 3 is 1.76 bits per heavy atom. The van der Waals surface area contributed by atoms with Gasteiger partial charge in [0, 0.05) is 0 Å². The molecule has 0 aromatic heterocycles. The van der Waals surface area contributed by atoms with Crippen LogP contribution < -0.4 is 0 Å². The van der Waals surface area contributed by atoms with Crippen LogP contribution in [0.15, 0.2) is 0 Å². The third kappa shape index (κ3) is 9.93. The number of rotatable bonds is 14. The average molecular weight is 315 g/mol. The second kappa shape index (κ2) is 14.0. The molecule has 0 aliphatic heterocycles. The van der Waals surface area contributed by atoms with Crippen LogP contribution in [0.2, 0.25) is 0 Å². The summed E-state index contributed by atoms with van der Waals surface area (Å²) in [6, 6.07) is 0. The molecule has 0 spiro atoms. The summed E-state index contributed by atoms with van der Waals surface area (Å²) >= 11 is 0. The fourth-order valence-electron chi connectivity index (χ4n) is 3.41. The van der Waals surface area contributed by atoms with E-state index in [1.807, 2.05) is 0 Å². The van der Waals surface area contributed by atoms with Gasteiger partial charge < -0.3 is 0 Å². The molecule has 0 saturated carbocycles. The van der Waals surface area contributed by atoms with E-state index in [4.69, 9.17) is 0 Å². The highest BCUT2D eigenvalue weighted by Crippen LogP contribution is 2.53. The Morgan fingerprint density at radius 2 is 1.29 bits per heavy atom. The van der Waals surface area contributed by atoms with E-state index in [1.165, 1.54) is 64.2 Å². The average Bonchev–Trinajstić information content (AvgIpc) is 2.47. The molecule has 2 atom stereocenters. The van der Waals surface area contributed by atoms with Crippen LogP contribution in [-0.4, -0.2) is 17.5 Å². The van der Waals surface area contributed by atoms with Crippen LogP contribution in [0.25, 0.3) is 0 Å². The van der Waals surface area contributed by atoms with Gasteiger partial charge in [0.05, 0.1) is 0 Å². The molecule has 0 amide bonds. The summed E-state index contributed by atoms with van der Waals surface area (Å²) in [6.45, 7) is 14.4. The maximum absolute atomic E-state index is 2.43. The van der Waals surface area contributed by atoms with E-state index in [2.05, 4.69) is 41.5 Å². The summed E-state index contributed by atoms with van der Waals surface area (Å²) in [6.07, 6.45) is 16.0. The molecule has 128 valence electrons. The number of unbranched alkanes of at least 4 members (excludes halogenated alkanes) is 3. The minimum Gasteiger partial charge on any atom is -0.100 e. The Kier molecular flexibility index (Phi) is 14.3. The third-order valence-electron chi connectivity index (χ3n) is 4.87. The van der Waals surface area contributed by atoms with Gasteiger partial charge in [0.15, 0.2) is 0 Å². The molecule has 0 aromatic rings. The van der Waals surface area contributed by atoms with E-state index in [0.717, 1.165) is 17.2 Å². The fraction of sp³-hybridized carbons (Fsp3) is 1.00. The molecule has 0 N–H and O–H groups in total. The summed E-state index contributed by atoms with van der Waals surface area (Å²) in [5, 5.41) is 0. The molecular formula is C20H43P. The first-order chi connectivity index (χ1) is 10.1. The molecule has 1 heteroatoms. The molecule has 0 aliphatic rings. The van der Waals surface area contributed by atoms with Crippen molar-refractivity contribution in [3.05, 3.63) is 0 Å². The van der Waals surface area contributed by atoms with Crippen molar-refractivity contribution in [2.75, 3.05) is 6.16 Å². The lowest BCUT2D eigenvalue weighted by atomic mass is 10.0. The first kappa shape index (κ1) is 21.4. The second-order valence-electron chi connectivity index (χ2n) is 7.18. The van der Waals surface area contributed by atoms with Crippen molar-refractivity contribution < 1.29 is 0 Å². The minimum atomic E-state index is 0.258. The Balaban J connectivity index is 4.75. The highest BCUT2D eigenvalue weighted by molar-refractivity contribution is 7.59. The monoisotopic (exact) mass is 314 g/mol. The van der Waals surface area contributed by atoms with Gasteiger partial charge in [-0.05, 0) is 55.5 Å². The summed E-state index contributed by atoms with van der Waals surface area (Å²) in [5.74, 6) is 0.878. The minimum absolute atomic E-state index is 0.258. The van der Waals surface area contributed by atoms with Crippen molar-refractivity contribution in [1.29, 1.82) is 0 Å². The van der Waals surface area contributed by atoms with Crippen molar-refractivity contribution in [3.8, 4) is 0 Å². The predicted octanol–water partition coefficient (Wildman–Crippen LogP) is 7.84. The SMILES string of the molecule is CCCCCP(C(CC)CC)C(CCCC)CCC(C)C. The van der Waals surface area contributed by atoms with Gasteiger partial charge in [-0.15, -0.1) is 7.92 Å². The van der Waals surface area contributed by atoms with Crippen LogP contribution in [0.3, 0.4) is 0 Å². The molecule has 0 radical (unpaired) electrons. The first-order valence-corrected chi connectivity index (χ1v) is 11.5. The second-order valence-corrected chi connectivity index (χ2v) is 10.1. The van der Waals surface area contributed by atoms with Gasteiger partial charge >= 0.3 is 0 Å². The lowest BCUT2D eigenvalue weighted by molar-refractivity contribution is 0.519. The van der Waals surface area contributed by atoms with Crippen molar-refractivity contribution >= 4 is 7.92 Å². The lowest BCUT2D eigenvalue weighted by Crippen LogP contribution is -2.18. The lowest BCUT2D eigenvalue weighted by Gasteiger charge is -2.35. The standard InChI is InChI=1S/C20H43P/c1-7-11-13-17-21(19(9-3)10-4)20(14-12-8-2)16-15-18(5)6/h18-20H,7-17H2,1-6H3. The molecule has 0 aliphatic carbocycles. The zero-order valence-corrected chi connectivity index (χ0v) is 16.9. The molecule has 0 fully saturated rings. The maximum atomic E-state index is 2.43. The van der Waals surface area contributed by atoms with Crippen LogP contribution in [0, 0.1) is 5.92 Å². The summed E-state index contributed by atoms with van der Waals surface area (Å²) in [7, 11) is 0.258. The molecule has 21 heavy (non-hydrogen) atoms. The first-order valence-electron chi connectivity index (χ1n) is 9.86. The summed E-state index contributed by atoms with van der Waals surface area (Å²) in [5.41, 5.74) is 2.09. The Bertz CT molecular complexity index is 208. The van der Waals surface area contributed by atoms with Crippen molar-refractivity contribution in [3.63, 3.8) is 0 Å². The van der Waals surface area contributed by atoms with Crippen molar-refractivity contribution in [2.45, 2.75) is 117 Å². The van der Waals surface area contributed by atoms with Gasteiger partial charge in [-0.25, -0.2) is 0 Å². The Morgan fingerprint density at radius 1 is 0.667 bits per heavy atom. The van der Waals surface area contributed by atoms with Crippen LogP contribution in [0.5, 0.6) is 0 Å². The number of hydrogen-bond acceptors (Lipinski definition) is 0. The third-order valence-corrected chi connectivity index (χ3v) is 8.82. The fourth-order valence-corrected chi connectivity index (χ4v) is 7.26. The molecule has 2 unspecified atom stereocenters. The molecule has 0 saturated heterocycles. The topological polar surface area (TPSA) is 0 Å². The summed E-state index contributed by atoms with van der Waals surface area (Å²) in [4.78, 5) is 0. The number of hydrogen-bond donors (Lipinski definition) is 0. The van der Waals surface area contributed by atoms with Gasteiger partial charge in [-0.3, -0.25) is 0 Å². The molecule has 0 nitrogen and oxygen atoms in total. The highest BCUT2D eigenvalue weighted by Gasteiger charge is 2.26. The zero-order chi connectivity index (χ0) is 16.1. The van der Waals surface area contributed by atoms with Crippen LogP contribution in [0.1, 0.15) is 106 Å². The molecule has 0 rings (SSSR count). The Labute approximate surface area is 137 Å². The van der Waals surface area contributed by atoms with Gasteiger partial charge in [-0.1, -0.05) is 73.6 Å². The zero-order valence-electron chi connectivity index (χ0n) is 16.0. The van der Waals surface area contributed by atoms with Gasteiger partial charge in [0.25, 0.3) is 0 Å². The smallest absolute Gasteiger partial charge is 0.0207 e.